The summed E-state index contributed by atoms with van der Waals surface area (Å²) >= 11 is 0. The Kier molecular flexibility index (Phi) is 5.13. The van der Waals surface area contributed by atoms with Crippen LogP contribution < -0.4 is 4.74 Å². The van der Waals surface area contributed by atoms with Crippen LogP contribution in [0.5, 0.6) is 5.88 Å². The van der Waals surface area contributed by atoms with Gasteiger partial charge in [0.1, 0.15) is 6.10 Å². The number of pyridine rings is 1. The molecule has 1 aliphatic heterocycles. The highest BCUT2D eigenvalue weighted by Crippen LogP contribution is 2.20. The summed E-state index contributed by atoms with van der Waals surface area (Å²) in [5, 5.41) is 0. The lowest BCUT2D eigenvalue weighted by Crippen LogP contribution is -2.38. The SMILES string of the molecule is CCCCC(=O)N1Cc2cccn2C[C@@H](Oc2ncccc2F)C1. The van der Waals surface area contributed by atoms with Crippen molar-refractivity contribution in [3.63, 3.8) is 0 Å². The smallest absolute Gasteiger partial charge is 0.250 e. The fourth-order valence-corrected chi connectivity index (χ4v) is 2.92. The molecule has 0 spiro atoms. The molecule has 24 heavy (non-hydrogen) atoms. The molecule has 0 N–H and O–H groups in total. The van der Waals surface area contributed by atoms with E-state index in [0.29, 0.717) is 26.1 Å². The van der Waals surface area contributed by atoms with Gasteiger partial charge in [-0.15, -0.1) is 0 Å². The van der Waals surface area contributed by atoms with Gasteiger partial charge in [0.05, 0.1) is 19.6 Å². The van der Waals surface area contributed by atoms with E-state index in [9.17, 15) is 9.18 Å². The molecule has 5 nitrogen and oxygen atoms in total. The van der Waals surface area contributed by atoms with E-state index >= 15 is 0 Å². The van der Waals surface area contributed by atoms with Gasteiger partial charge in [-0.25, -0.2) is 9.37 Å². The molecule has 0 saturated heterocycles. The molecule has 1 aliphatic rings. The monoisotopic (exact) mass is 331 g/mol. The van der Waals surface area contributed by atoms with Gasteiger partial charge in [-0.3, -0.25) is 4.79 Å². The third-order valence-corrected chi connectivity index (χ3v) is 4.20. The molecule has 6 heteroatoms. The van der Waals surface area contributed by atoms with Crippen molar-refractivity contribution >= 4 is 5.91 Å². The van der Waals surface area contributed by atoms with Crippen LogP contribution >= 0.6 is 0 Å². The summed E-state index contributed by atoms with van der Waals surface area (Å²) in [4.78, 5) is 18.2. The zero-order valence-corrected chi connectivity index (χ0v) is 13.8. The number of hydrogen-bond donors (Lipinski definition) is 0. The van der Waals surface area contributed by atoms with Crippen LogP contribution in [-0.4, -0.2) is 33.0 Å². The topological polar surface area (TPSA) is 47.4 Å². The average Bonchev–Trinajstić information content (AvgIpc) is 2.93. The molecule has 0 unspecified atom stereocenters. The Morgan fingerprint density at radius 1 is 1.38 bits per heavy atom. The van der Waals surface area contributed by atoms with Gasteiger partial charge in [0.25, 0.3) is 5.88 Å². The van der Waals surface area contributed by atoms with Gasteiger partial charge in [-0.1, -0.05) is 13.3 Å². The van der Waals surface area contributed by atoms with Crippen LogP contribution in [0.1, 0.15) is 31.9 Å². The lowest BCUT2D eigenvalue weighted by atomic mass is 10.2. The number of hydrogen-bond acceptors (Lipinski definition) is 3. The fourth-order valence-electron chi connectivity index (χ4n) is 2.92. The molecule has 0 saturated carbocycles. The first-order chi connectivity index (χ1) is 11.7. The Bertz CT molecular complexity index is 701. The summed E-state index contributed by atoms with van der Waals surface area (Å²) < 4.78 is 21.7. The maximum atomic E-state index is 13.8. The third-order valence-electron chi connectivity index (χ3n) is 4.20. The molecular weight excluding hydrogens is 309 g/mol. The van der Waals surface area contributed by atoms with Gasteiger partial charge in [0.2, 0.25) is 5.91 Å². The highest BCUT2D eigenvalue weighted by molar-refractivity contribution is 5.76. The maximum Gasteiger partial charge on any atom is 0.250 e. The molecule has 3 heterocycles. The maximum absolute atomic E-state index is 13.8. The molecule has 2 aromatic heterocycles. The van der Waals surface area contributed by atoms with Crippen LogP contribution in [0.4, 0.5) is 4.39 Å². The van der Waals surface area contributed by atoms with Crippen LogP contribution in [0, 0.1) is 5.82 Å². The molecule has 1 amide bonds. The van der Waals surface area contributed by atoms with E-state index in [1.165, 1.54) is 18.3 Å². The lowest BCUT2D eigenvalue weighted by Gasteiger charge is -2.24. The molecule has 0 aromatic carbocycles. The Morgan fingerprint density at radius 2 is 2.25 bits per heavy atom. The van der Waals surface area contributed by atoms with Crippen molar-refractivity contribution in [1.29, 1.82) is 0 Å². The third kappa shape index (κ3) is 3.75. The fraction of sp³-hybridized carbons (Fsp3) is 0.444. The molecule has 3 rings (SSSR count). The van der Waals surface area contributed by atoms with Crippen molar-refractivity contribution < 1.29 is 13.9 Å². The van der Waals surface area contributed by atoms with Gasteiger partial charge in [-0.05, 0) is 30.7 Å². The number of carbonyl (C=O) groups excluding carboxylic acids is 1. The van der Waals surface area contributed by atoms with Crippen molar-refractivity contribution in [2.75, 3.05) is 6.54 Å². The van der Waals surface area contributed by atoms with E-state index in [1.54, 1.807) is 4.90 Å². The second-order valence-electron chi connectivity index (χ2n) is 6.06. The normalized spacial score (nSPS) is 17.2. The van der Waals surface area contributed by atoms with Crippen LogP contribution in [0.25, 0.3) is 0 Å². The van der Waals surface area contributed by atoms with Crippen molar-refractivity contribution in [2.24, 2.45) is 0 Å². The van der Waals surface area contributed by atoms with Crippen LogP contribution in [0.2, 0.25) is 0 Å². The number of aromatic nitrogens is 2. The number of rotatable bonds is 5. The molecular formula is C18H22FN3O2. The Labute approximate surface area is 141 Å². The zero-order chi connectivity index (χ0) is 16.9. The minimum absolute atomic E-state index is 0.0148. The molecule has 1 atom stereocenters. The number of unbranched alkanes of at least 4 members (excludes halogenated alkanes) is 1. The van der Waals surface area contributed by atoms with Gasteiger partial charge >= 0.3 is 0 Å². The number of amides is 1. The van der Waals surface area contributed by atoms with Gasteiger partial charge < -0.3 is 14.2 Å². The summed E-state index contributed by atoms with van der Waals surface area (Å²) in [6.45, 7) is 3.62. The Hall–Kier alpha value is -2.37. The first-order valence-electron chi connectivity index (χ1n) is 8.36. The Morgan fingerprint density at radius 3 is 3.04 bits per heavy atom. The highest BCUT2D eigenvalue weighted by atomic mass is 19.1. The van der Waals surface area contributed by atoms with E-state index < -0.39 is 5.82 Å². The predicted molar refractivity (Wildman–Crippen MR) is 88.0 cm³/mol. The minimum atomic E-state index is -0.488. The van der Waals surface area contributed by atoms with E-state index in [0.717, 1.165) is 18.5 Å². The van der Waals surface area contributed by atoms with E-state index in [4.69, 9.17) is 4.74 Å². The van der Waals surface area contributed by atoms with Crippen molar-refractivity contribution in [1.82, 2.24) is 14.5 Å². The van der Waals surface area contributed by atoms with Gasteiger partial charge in [0, 0.05) is 24.5 Å². The predicted octanol–water partition coefficient (Wildman–Crippen LogP) is 3.00. The first kappa shape index (κ1) is 16.5. The quantitative estimate of drug-likeness (QED) is 0.846. The first-order valence-corrected chi connectivity index (χ1v) is 8.36. The largest absolute Gasteiger partial charge is 0.468 e. The molecule has 0 fully saturated rings. The van der Waals surface area contributed by atoms with Crippen LogP contribution in [0.15, 0.2) is 36.7 Å². The average molecular weight is 331 g/mol. The Balaban J connectivity index is 1.78. The lowest BCUT2D eigenvalue weighted by molar-refractivity contribution is -0.133. The number of fused-ring (bicyclic) bond motifs is 1. The number of ether oxygens (including phenoxy) is 1. The van der Waals surface area contributed by atoms with Crippen LogP contribution in [-0.2, 0) is 17.9 Å². The summed E-state index contributed by atoms with van der Waals surface area (Å²) in [5.74, 6) is -0.390. The van der Waals surface area contributed by atoms with E-state index in [-0.39, 0.29) is 17.9 Å². The summed E-state index contributed by atoms with van der Waals surface area (Å²) in [7, 11) is 0. The van der Waals surface area contributed by atoms with E-state index in [2.05, 4.69) is 16.5 Å². The van der Waals surface area contributed by atoms with Crippen molar-refractivity contribution in [3.8, 4) is 5.88 Å². The number of nitrogens with zero attached hydrogens (tertiary/aromatic N) is 3. The van der Waals surface area contributed by atoms with E-state index in [1.807, 2.05) is 18.3 Å². The second-order valence-corrected chi connectivity index (χ2v) is 6.06. The summed E-state index contributed by atoms with van der Waals surface area (Å²) in [6, 6.07) is 6.81. The second kappa shape index (κ2) is 7.47. The minimum Gasteiger partial charge on any atom is -0.468 e. The molecule has 2 aromatic rings. The summed E-state index contributed by atoms with van der Waals surface area (Å²) in [5.41, 5.74) is 1.06. The standard InChI is InChI=1S/C18H22FN3O2/c1-2-3-8-17(23)22-11-14-6-5-10-21(14)12-15(13-22)24-18-16(19)7-4-9-20-18/h4-7,9-10,15H,2-3,8,11-13H2,1H3/t15-/m1/s1. The molecule has 0 radical (unpaired) electrons. The van der Waals surface area contributed by atoms with Crippen LogP contribution in [0.3, 0.4) is 0 Å². The molecule has 128 valence electrons. The van der Waals surface area contributed by atoms with Gasteiger partial charge in [0.15, 0.2) is 5.82 Å². The number of carbonyl (C=O) groups is 1. The van der Waals surface area contributed by atoms with Crippen molar-refractivity contribution in [3.05, 3.63) is 48.2 Å². The molecule has 0 bridgehead atoms. The summed E-state index contributed by atoms with van der Waals surface area (Å²) in [6.07, 6.45) is 5.50. The molecule has 0 aliphatic carbocycles. The number of halogens is 1. The van der Waals surface area contributed by atoms with Gasteiger partial charge in [-0.2, -0.15) is 0 Å². The highest BCUT2D eigenvalue weighted by Gasteiger charge is 2.26. The zero-order valence-electron chi connectivity index (χ0n) is 13.8. The van der Waals surface area contributed by atoms with Crippen molar-refractivity contribution in [2.45, 2.75) is 45.4 Å².